The van der Waals surface area contributed by atoms with Crippen molar-refractivity contribution in [1.29, 1.82) is 0 Å². The third kappa shape index (κ3) is 1.82. The number of hydrogen-bond donors (Lipinski definition) is 0. The van der Waals surface area contributed by atoms with Gasteiger partial charge in [0.05, 0.1) is 6.20 Å². The Kier molecular flexibility index (Phi) is 2.49. The van der Waals surface area contributed by atoms with Crippen molar-refractivity contribution in [2.75, 3.05) is 0 Å². The molecule has 18 heavy (non-hydrogen) atoms. The third-order valence-corrected chi connectivity index (χ3v) is 2.48. The molecule has 0 aliphatic carbocycles. The van der Waals surface area contributed by atoms with Crippen molar-refractivity contribution in [2.24, 2.45) is 0 Å². The highest BCUT2D eigenvalue weighted by Crippen LogP contribution is 2.11. The molecule has 0 fully saturated rings. The summed E-state index contributed by atoms with van der Waals surface area (Å²) in [5, 5.41) is 0. The standard InChI is InChI=1S/C13H9N3O2/c17-13(18-10-3-2-6-14-9-10)11-4-1-5-12-15-7-8-16(11)12/h1-9H. The quantitative estimate of drug-likeness (QED) is 0.641. The lowest BCUT2D eigenvalue weighted by Crippen LogP contribution is -2.12. The van der Waals surface area contributed by atoms with Crippen molar-refractivity contribution in [3.63, 3.8) is 0 Å². The molecule has 0 saturated heterocycles. The second kappa shape index (κ2) is 4.29. The number of esters is 1. The fourth-order valence-electron chi connectivity index (χ4n) is 1.68. The summed E-state index contributed by atoms with van der Waals surface area (Å²) < 4.78 is 6.91. The van der Waals surface area contributed by atoms with Crippen LogP contribution in [0.5, 0.6) is 5.75 Å². The maximum absolute atomic E-state index is 12.0. The zero-order valence-corrected chi connectivity index (χ0v) is 9.35. The van der Waals surface area contributed by atoms with Crippen LogP contribution >= 0.6 is 0 Å². The molecular weight excluding hydrogens is 230 g/mol. The molecule has 0 aromatic carbocycles. The second-order valence-corrected chi connectivity index (χ2v) is 3.64. The van der Waals surface area contributed by atoms with Crippen molar-refractivity contribution in [3.8, 4) is 5.75 Å². The van der Waals surface area contributed by atoms with Crippen LogP contribution in [0.3, 0.4) is 0 Å². The van der Waals surface area contributed by atoms with E-state index in [9.17, 15) is 4.79 Å². The number of fused-ring (bicyclic) bond motifs is 1. The van der Waals surface area contributed by atoms with E-state index in [1.165, 1.54) is 6.20 Å². The molecule has 5 heteroatoms. The van der Waals surface area contributed by atoms with E-state index in [0.717, 1.165) is 0 Å². The van der Waals surface area contributed by atoms with E-state index in [2.05, 4.69) is 9.97 Å². The van der Waals surface area contributed by atoms with Crippen LogP contribution in [0.25, 0.3) is 5.65 Å². The minimum Gasteiger partial charge on any atom is -0.420 e. The predicted molar refractivity (Wildman–Crippen MR) is 64.4 cm³/mol. The molecule has 0 aliphatic heterocycles. The van der Waals surface area contributed by atoms with Gasteiger partial charge in [-0.2, -0.15) is 0 Å². The zero-order chi connectivity index (χ0) is 12.4. The zero-order valence-electron chi connectivity index (χ0n) is 9.35. The van der Waals surface area contributed by atoms with Gasteiger partial charge in [0, 0.05) is 18.6 Å². The second-order valence-electron chi connectivity index (χ2n) is 3.64. The molecule has 0 amide bonds. The highest BCUT2D eigenvalue weighted by molar-refractivity contribution is 5.90. The molecule has 0 saturated carbocycles. The summed E-state index contributed by atoms with van der Waals surface area (Å²) in [6.07, 6.45) is 6.46. The fraction of sp³-hybridized carbons (Fsp3) is 0. The van der Waals surface area contributed by atoms with Crippen molar-refractivity contribution < 1.29 is 9.53 Å². The van der Waals surface area contributed by atoms with Crippen LogP contribution in [0.2, 0.25) is 0 Å². The monoisotopic (exact) mass is 239 g/mol. The maximum atomic E-state index is 12.0. The first kappa shape index (κ1) is 10.5. The molecule has 5 nitrogen and oxygen atoms in total. The van der Waals surface area contributed by atoms with Crippen LogP contribution in [-0.4, -0.2) is 20.3 Å². The molecule has 0 atom stereocenters. The van der Waals surface area contributed by atoms with Crippen LogP contribution in [0.4, 0.5) is 0 Å². The molecule has 3 heterocycles. The Bertz CT molecular complexity index is 692. The summed E-state index contributed by atoms with van der Waals surface area (Å²) in [4.78, 5) is 20.0. The van der Waals surface area contributed by atoms with Crippen LogP contribution < -0.4 is 4.74 Å². The number of ether oxygens (including phenoxy) is 1. The Hall–Kier alpha value is -2.69. The Balaban J connectivity index is 1.95. The topological polar surface area (TPSA) is 56.5 Å². The molecule has 0 bridgehead atoms. The van der Waals surface area contributed by atoms with Gasteiger partial charge < -0.3 is 4.74 Å². The molecule has 0 N–H and O–H groups in total. The molecule has 88 valence electrons. The number of aromatic nitrogens is 3. The van der Waals surface area contributed by atoms with Gasteiger partial charge in [0.1, 0.15) is 17.1 Å². The largest absolute Gasteiger partial charge is 0.420 e. The van der Waals surface area contributed by atoms with Crippen molar-refractivity contribution in [1.82, 2.24) is 14.4 Å². The number of hydrogen-bond acceptors (Lipinski definition) is 4. The van der Waals surface area contributed by atoms with E-state index >= 15 is 0 Å². The van der Waals surface area contributed by atoms with Crippen LogP contribution in [0, 0.1) is 0 Å². The number of imidazole rings is 1. The van der Waals surface area contributed by atoms with E-state index in [1.807, 2.05) is 6.07 Å². The Morgan fingerprint density at radius 3 is 2.94 bits per heavy atom. The number of rotatable bonds is 2. The predicted octanol–water partition coefficient (Wildman–Crippen LogP) is 1.95. The van der Waals surface area contributed by atoms with Gasteiger partial charge in [0.2, 0.25) is 0 Å². The molecule has 3 aromatic rings. The third-order valence-electron chi connectivity index (χ3n) is 2.48. The van der Waals surface area contributed by atoms with Crippen molar-refractivity contribution in [3.05, 3.63) is 60.8 Å². The Morgan fingerprint density at radius 2 is 2.11 bits per heavy atom. The molecule has 0 aliphatic rings. The average molecular weight is 239 g/mol. The minimum atomic E-state index is -0.438. The first-order chi connectivity index (χ1) is 8.84. The highest BCUT2D eigenvalue weighted by atomic mass is 16.5. The summed E-state index contributed by atoms with van der Waals surface area (Å²) in [6.45, 7) is 0. The Morgan fingerprint density at radius 1 is 1.17 bits per heavy atom. The van der Waals surface area contributed by atoms with Gasteiger partial charge in [-0.05, 0) is 24.3 Å². The summed E-state index contributed by atoms with van der Waals surface area (Å²) in [7, 11) is 0. The van der Waals surface area contributed by atoms with Gasteiger partial charge in [0.15, 0.2) is 0 Å². The van der Waals surface area contributed by atoms with Gasteiger partial charge in [-0.3, -0.25) is 9.38 Å². The number of carbonyl (C=O) groups is 1. The van der Waals surface area contributed by atoms with Gasteiger partial charge in [-0.15, -0.1) is 0 Å². The summed E-state index contributed by atoms with van der Waals surface area (Å²) in [5.74, 6) is -0.0220. The smallest absolute Gasteiger partial charge is 0.360 e. The SMILES string of the molecule is O=C(Oc1cccnc1)c1cccc2nccn12. The van der Waals surface area contributed by atoms with Gasteiger partial charge >= 0.3 is 5.97 Å². The minimum absolute atomic E-state index is 0.416. The summed E-state index contributed by atoms with van der Waals surface area (Å²) >= 11 is 0. The molecule has 3 rings (SSSR count). The molecule has 0 spiro atoms. The summed E-state index contributed by atoms with van der Waals surface area (Å²) in [6, 6.07) is 8.66. The van der Waals surface area contributed by atoms with Crippen molar-refractivity contribution >= 4 is 11.6 Å². The van der Waals surface area contributed by atoms with E-state index in [4.69, 9.17) is 4.74 Å². The van der Waals surface area contributed by atoms with Crippen LogP contribution in [0.1, 0.15) is 10.5 Å². The van der Waals surface area contributed by atoms with E-state index < -0.39 is 5.97 Å². The maximum Gasteiger partial charge on any atom is 0.360 e. The van der Waals surface area contributed by atoms with E-state index in [1.54, 1.807) is 47.3 Å². The number of pyridine rings is 2. The van der Waals surface area contributed by atoms with Gasteiger partial charge in [-0.1, -0.05) is 6.07 Å². The van der Waals surface area contributed by atoms with E-state index in [-0.39, 0.29) is 0 Å². The fourth-order valence-corrected chi connectivity index (χ4v) is 1.68. The lowest BCUT2D eigenvalue weighted by molar-refractivity contribution is 0.0726. The van der Waals surface area contributed by atoms with E-state index in [0.29, 0.717) is 17.1 Å². The molecule has 0 unspecified atom stereocenters. The summed E-state index contributed by atoms with van der Waals surface area (Å²) in [5.41, 5.74) is 1.13. The average Bonchev–Trinajstić information content (AvgIpc) is 2.87. The first-order valence-corrected chi connectivity index (χ1v) is 5.39. The normalized spacial score (nSPS) is 10.4. The molecule has 3 aromatic heterocycles. The first-order valence-electron chi connectivity index (χ1n) is 5.39. The number of carbonyl (C=O) groups excluding carboxylic acids is 1. The van der Waals surface area contributed by atoms with Gasteiger partial charge in [-0.25, -0.2) is 9.78 Å². The lowest BCUT2D eigenvalue weighted by atomic mass is 10.3. The van der Waals surface area contributed by atoms with Gasteiger partial charge in [0.25, 0.3) is 0 Å². The molecule has 0 radical (unpaired) electrons. The lowest BCUT2D eigenvalue weighted by Gasteiger charge is -2.05. The van der Waals surface area contributed by atoms with Crippen LogP contribution in [0.15, 0.2) is 55.1 Å². The Labute approximate surface area is 103 Å². The van der Waals surface area contributed by atoms with Crippen LogP contribution in [-0.2, 0) is 0 Å². The van der Waals surface area contributed by atoms with Crippen molar-refractivity contribution in [2.45, 2.75) is 0 Å². The molecular formula is C13H9N3O2. The number of nitrogens with zero attached hydrogens (tertiary/aromatic N) is 3. The highest BCUT2D eigenvalue weighted by Gasteiger charge is 2.12.